The zero-order chi connectivity index (χ0) is 13.8. The van der Waals surface area contributed by atoms with Crippen LogP contribution in [-0.2, 0) is 0 Å². The molecule has 0 unspecified atom stereocenters. The summed E-state index contributed by atoms with van der Waals surface area (Å²) in [5, 5.41) is 5.91. The minimum Gasteiger partial charge on any atom is -0.370 e. The van der Waals surface area contributed by atoms with Crippen molar-refractivity contribution in [2.45, 2.75) is 6.92 Å². The topological polar surface area (TPSA) is 75.9 Å². The lowest BCUT2D eigenvalue weighted by atomic mass is 10.3. The average molecular weight is 326 g/mol. The van der Waals surface area contributed by atoms with E-state index in [9.17, 15) is 4.39 Å². The zero-order valence-corrected chi connectivity index (χ0v) is 11.8. The van der Waals surface area contributed by atoms with E-state index in [0.29, 0.717) is 28.3 Å². The fourth-order valence-electron chi connectivity index (χ4n) is 1.55. The predicted molar refractivity (Wildman–Crippen MR) is 78.0 cm³/mol. The first-order valence-corrected chi connectivity index (χ1v) is 6.49. The molecule has 0 aliphatic rings. The Morgan fingerprint density at radius 1 is 1.32 bits per heavy atom. The van der Waals surface area contributed by atoms with Gasteiger partial charge in [0.25, 0.3) is 0 Å². The van der Waals surface area contributed by atoms with Gasteiger partial charge < -0.3 is 16.4 Å². The van der Waals surface area contributed by atoms with Crippen molar-refractivity contribution in [1.29, 1.82) is 0 Å². The van der Waals surface area contributed by atoms with Crippen LogP contribution < -0.4 is 16.4 Å². The van der Waals surface area contributed by atoms with E-state index in [-0.39, 0.29) is 11.8 Å². The van der Waals surface area contributed by atoms with Crippen LogP contribution >= 0.6 is 15.9 Å². The second-order valence-electron chi connectivity index (χ2n) is 3.75. The van der Waals surface area contributed by atoms with E-state index in [1.165, 1.54) is 6.07 Å². The molecule has 0 bridgehead atoms. The summed E-state index contributed by atoms with van der Waals surface area (Å²) in [5.41, 5.74) is 5.92. The van der Waals surface area contributed by atoms with Gasteiger partial charge in [-0.3, -0.25) is 0 Å². The highest BCUT2D eigenvalue weighted by atomic mass is 79.9. The van der Waals surface area contributed by atoms with Crippen LogP contribution in [0.25, 0.3) is 0 Å². The molecule has 0 amide bonds. The van der Waals surface area contributed by atoms with E-state index in [0.717, 1.165) is 0 Å². The quantitative estimate of drug-likeness (QED) is 0.805. The number of nitrogen functional groups attached to an aromatic ring is 1. The van der Waals surface area contributed by atoms with Gasteiger partial charge in [0.05, 0.1) is 5.69 Å². The third-order valence-electron chi connectivity index (χ3n) is 2.32. The van der Waals surface area contributed by atoms with Crippen molar-refractivity contribution in [2.75, 3.05) is 22.9 Å². The van der Waals surface area contributed by atoms with E-state index in [4.69, 9.17) is 5.73 Å². The number of halogens is 2. The highest BCUT2D eigenvalue weighted by Crippen LogP contribution is 2.28. The first-order valence-electron chi connectivity index (χ1n) is 5.69. The first kappa shape index (κ1) is 13.5. The molecule has 2 rings (SSSR count). The highest BCUT2D eigenvalue weighted by Gasteiger charge is 2.09. The first-order chi connectivity index (χ1) is 9.10. The van der Waals surface area contributed by atoms with E-state index in [2.05, 4.69) is 36.5 Å². The molecule has 1 aromatic heterocycles. The molecule has 5 nitrogen and oxygen atoms in total. The number of nitrogens with two attached hydrogens (primary N) is 1. The number of aromatic nitrogens is 2. The van der Waals surface area contributed by atoms with Gasteiger partial charge in [-0.1, -0.05) is 6.07 Å². The summed E-state index contributed by atoms with van der Waals surface area (Å²) in [5.74, 6) is 0.754. The predicted octanol–water partition coefficient (Wildman–Crippen LogP) is 3.14. The summed E-state index contributed by atoms with van der Waals surface area (Å²) in [6.07, 6.45) is 0. The van der Waals surface area contributed by atoms with Gasteiger partial charge in [0, 0.05) is 17.1 Å². The van der Waals surface area contributed by atoms with Gasteiger partial charge in [-0.2, -0.15) is 9.97 Å². The average Bonchev–Trinajstić information content (AvgIpc) is 2.34. The van der Waals surface area contributed by atoms with Crippen molar-refractivity contribution in [1.82, 2.24) is 9.97 Å². The van der Waals surface area contributed by atoms with Gasteiger partial charge in [0.15, 0.2) is 0 Å². The molecule has 0 aliphatic heterocycles. The van der Waals surface area contributed by atoms with Gasteiger partial charge in [-0.25, -0.2) is 4.39 Å². The fraction of sp³-hybridized carbons (Fsp3) is 0.167. The largest absolute Gasteiger partial charge is 0.370 e. The number of anilines is 4. The molecule has 0 atom stereocenters. The van der Waals surface area contributed by atoms with Crippen LogP contribution in [0, 0.1) is 5.82 Å². The Bertz CT molecular complexity index is 570. The van der Waals surface area contributed by atoms with Crippen LogP contribution in [0.3, 0.4) is 0 Å². The molecule has 7 heteroatoms. The number of nitrogens with one attached hydrogen (secondary N) is 2. The summed E-state index contributed by atoms with van der Waals surface area (Å²) < 4.78 is 14.3. The third kappa shape index (κ3) is 3.31. The van der Waals surface area contributed by atoms with Crippen LogP contribution in [0.5, 0.6) is 0 Å². The van der Waals surface area contributed by atoms with Gasteiger partial charge in [-0.05, 0) is 35.0 Å². The minimum absolute atomic E-state index is 0.119. The molecular weight excluding hydrogens is 313 g/mol. The molecule has 0 fully saturated rings. The Balaban J connectivity index is 2.33. The summed E-state index contributed by atoms with van der Waals surface area (Å²) in [6.45, 7) is 2.65. The van der Waals surface area contributed by atoms with E-state index < -0.39 is 0 Å². The normalized spacial score (nSPS) is 10.3. The molecule has 19 heavy (non-hydrogen) atoms. The second kappa shape index (κ2) is 5.83. The fourth-order valence-corrected chi connectivity index (χ4v) is 1.99. The standard InChI is InChI=1S/C12H13BrFN5/c1-2-16-9-6-10(19-12(15)18-9)17-11-7(13)4-3-5-8(11)14/h3-6H,2H2,1H3,(H4,15,16,17,18,19). The molecule has 1 heterocycles. The van der Waals surface area contributed by atoms with Crippen LogP contribution in [0.4, 0.5) is 27.7 Å². The molecule has 2 aromatic rings. The van der Waals surface area contributed by atoms with Gasteiger partial charge in [0.1, 0.15) is 17.5 Å². The molecule has 0 spiro atoms. The van der Waals surface area contributed by atoms with Gasteiger partial charge in [0.2, 0.25) is 5.95 Å². The maximum Gasteiger partial charge on any atom is 0.223 e. The molecule has 4 N–H and O–H groups in total. The Hall–Kier alpha value is -1.89. The summed E-state index contributed by atoms with van der Waals surface area (Å²) in [4.78, 5) is 8.04. The third-order valence-corrected chi connectivity index (χ3v) is 2.98. The molecule has 100 valence electrons. The van der Waals surface area contributed by atoms with Crippen molar-refractivity contribution in [3.05, 3.63) is 34.6 Å². The maximum atomic E-state index is 13.7. The summed E-state index contributed by atoms with van der Waals surface area (Å²) in [7, 11) is 0. The Kier molecular flexibility index (Phi) is 4.16. The van der Waals surface area contributed by atoms with Crippen molar-refractivity contribution < 1.29 is 4.39 Å². The maximum absolute atomic E-state index is 13.7. The van der Waals surface area contributed by atoms with E-state index >= 15 is 0 Å². The lowest BCUT2D eigenvalue weighted by Crippen LogP contribution is -2.06. The molecule has 0 aliphatic carbocycles. The van der Waals surface area contributed by atoms with Crippen molar-refractivity contribution in [3.8, 4) is 0 Å². The lowest BCUT2D eigenvalue weighted by Gasteiger charge is -2.11. The Labute approximate surface area is 118 Å². The number of nitrogens with zero attached hydrogens (tertiary/aromatic N) is 2. The Morgan fingerprint density at radius 2 is 2.05 bits per heavy atom. The molecular formula is C12H13BrFN5. The van der Waals surface area contributed by atoms with Crippen LogP contribution in [0.2, 0.25) is 0 Å². The van der Waals surface area contributed by atoms with Crippen LogP contribution in [-0.4, -0.2) is 16.5 Å². The molecule has 0 radical (unpaired) electrons. The van der Waals surface area contributed by atoms with Crippen molar-refractivity contribution >= 4 is 39.2 Å². The highest BCUT2D eigenvalue weighted by molar-refractivity contribution is 9.10. The smallest absolute Gasteiger partial charge is 0.223 e. The number of hydrogen-bond acceptors (Lipinski definition) is 5. The monoisotopic (exact) mass is 325 g/mol. The van der Waals surface area contributed by atoms with Crippen LogP contribution in [0.1, 0.15) is 6.92 Å². The number of hydrogen-bond donors (Lipinski definition) is 3. The van der Waals surface area contributed by atoms with Crippen molar-refractivity contribution in [3.63, 3.8) is 0 Å². The molecule has 0 saturated carbocycles. The molecule has 1 aromatic carbocycles. The van der Waals surface area contributed by atoms with Gasteiger partial charge >= 0.3 is 0 Å². The lowest BCUT2D eigenvalue weighted by molar-refractivity contribution is 0.631. The van der Waals surface area contributed by atoms with E-state index in [1.54, 1.807) is 18.2 Å². The second-order valence-corrected chi connectivity index (χ2v) is 4.60. The molecule has 0 saturated heterocycles. The number of benzene rings is 1. The van der Waals surface area contributed by atoms with Crippen molar-refractivity contribution in [2.24, 2.45) is 0 Å². The van der Waals surface area contributed by atoms with E-state index in [1.807, 2.05) is 6.92 Å². The van der Waals surface area contributed by atoms with Crippen LogP contribution in [0.15, 0.2) is 28.7 Å². The summed E-state index contributed by atoms with van der Waals surface area (Å²) in [6, 6.07) is 6.38. The zero-order valence-electron chi connectivity index (χ0n) is 10.2. The number of rotatable bonds is 4. The Morgan fingerprint density at radius 3 is 2.74 bits per heavy atom. The number of para-hydroxylation sites is 1. The van der Waals surface area contributed by atoms with Gasteiger partial charge in [-0.15, -0.1) is 0 Å². The minimum atomic E-state index is -0.378. The SMILES string of the molecule is CCNc1cc(Nc2c(F)cccc2Br)nc(N)n1. The summed E-state index contributed by atoms with van der Waals surface area (Å²) >= 11 is 3.28.